The van der Waals surface area contributed by atoms with Gasteiger partial charge in [-0.25, -0.2) is 0 Å². The molecule has 8 heteroatoms. The largest absolute Gasteiger partial charge is 0.492 e. The molecular weight excluding hydrogens is 418 g/mol. The first-order chi connectivity index (χ1) is 15.0. The van der Waals surface area contributed by atoms with E-state index in [0.717, 1.165) is 6.42 Å². The van der Waals surface area contributed by atoms with E-state index in [-0.39, 0.29) is 30.7 Å². The smallest absolute Gasteiger partial charge is 0.229 e. The summed E-state index contributed by atoms with van der Waals surface area (Å²) < 4.78 is 5.63. The van der Waals surface area contributed by atoms with E-state index in [1.54, 1.807) is 28.0 Å². The van der Waals surface area contributed by atoms with Crippen molar-refractivity contribution in [2.45, 2.75) is 26.2 Å². The van der Waals surface area contributed by atoms with Gasteiger partial charge in [0.2, 0.25) is 17.7 Å². The van der Waals surface area contributed by atoms with Crippen LogP contribution in [0.15, 0.2) is 42.5 Å². The lowest BCUT2D eigenvalue weighted by Crippen LogP contribution is -2.28. The van der Waals surface area contributed by atoms with Gasteiger partial charge in [0.15, 0.2) is 0 Å². The lowest BCUT2D eigenvalue weighted by Gasteiger charge is -2.20. The molecule has 4 rings (SSSR count). The zero-order valence-electron chi connectivity index (χ0n) is 17.3. The van der Waals surface area contributed by atoms with Gasteiger partial charge < -0.3 is 19.9 Å². The first-order valence-electron chi connectivity index (χ1n) is 10.4. The van der Waals surface area contributed by atoms with Crippen molar-refractivity contribution < 1.29 is 19.1 Å². The predicted molar refractivity (Wildman–Crippen MR) is 120 cm³/mol. The Morgan fingerprint density at radius 1 is 1.13 bits per heavy atom. The number of nitrogens with one attached hydrogen (secondary N) is 1. The molecule has 0 radical (unpaired) electrons. The van der Waals surface area contributed by atoms with E-state index in [2.05, 4.69) is 5.32 Å². The van der Waals surface area contributed by atoms with Crippen LogP contribution < -0.4 is 19.9 Å². The number of para-hydroxylation sites is 2. The number of anilines is 3. The van der Waals surface area contributed by atoms with Crippen LogP contribution in [-0.4, -0.2) is 37.4 Å². The van der Waals surface area contributed by atoms with Crippen LogP contribution in [0.5, 0.6) is 5.75 Å². The van der Waals surface area contributed by atoms with Gasteiger partial charge in [0.1, 0.15) is 5.75 Å². The standard InChI is InChI=1S/C23H24ClN3O4/c1-2-31-20-7-4-3-6-19(20)27-14-15(12-22(27)29)23(30)25-16-9-10-18(17(24)13-16)26-11-5-8-21(26)28/h3-4,6-7,9-10,13,15H,2,5,8,11-12,14H2,1H3,(H,25,30)/t15-/m1/s1. The highest BCUT2D eigenvalue weighted by atomic mass is 35.5. The number of amides is 3. The van der Waals surface area contributed by atoms with Gasteiger partial charge in [-0.2, -0.15) is 0 Å². The highest BCUT2D eigenvalue weighted by Crippen LogP contribution is 2.34. The molecule has 2 aliphatic rings. The summed E-state index contributed by atoms with van der Waals surface area (Å²) >= 11 is 6.37. The molecule has 2 fully saturated rings. The summed E-state index contributed by atoms with van der Waals surface area (Å²) in [5.41, 5.74) is 1.86. The Labute approximate surface area is 185 Å². The first-order valence-corrected chi connectivity index (χ1v) is 10.8. The second kappa shape index (κ2) is 8.98. The number of carbonyl (C=O) groups is 3. The third kappa shape index (κ3) is 4.37. The number of hydrogen-bond donors (Lipinski definition) is 1. The summed E-state index contributed by atoms with van der Waals surface area (Å²) in [5, 5.41) is 3.25. The molecule has 2 aliphatic heterocycles. The highest BCUT2D eigenvalue weighted by Gasteiger charge is 2.36. The molecule has 0 aliphatic carbocycles. The predicted octanol–water partition coefficient (Wildman–Crippen LogP) is 3.86. The third-order valence-corrected chi connectivity index (χ3v) is 5.83. The maximum absolute atomic E-state index is 12.8. The van der Waals surface area contributed by atoms with E-state index in [1.807, 2.05) is 31.2 Å². The Hall–Kier alpha value is -3.06. The number of benzene rings is 2. The number of halogens is 1. The Morgan fingerprint density at radius 3 is 2.65 bits per heavy atom. The molecule has 2 saturated heterocycles. The first kappa shape index (κ1) is 21.2. The van der Waals surface area contributed by atoms with Crippen LogP contribution in [0, 0.1) is 5.92 Å². The van der Waals surface area contributed by atoms with Gasteiger partial charge in [-0.1, -0.05) is 23.7 Å². The second-order valence-electron chi connectivity index (χ2n) is 7.61. The summed E-state index contributed by atoms with van der Waals surface area (Å²) in [7, 11) is 0. The normalized spacial score (nSPS) is 18.6. The molecule has 2 aromatic rings. The molecule has 0 spiro atoms. The zero-order chi connectivity index (χ0) is 22.0. The Kier molecular flexibility index (Phi) is 6.13. The van der Waals surface area contributed by atoms with E-state index in [0.29, 0.717) is 47.4 Å². The molecule has 7 nitrogen and oxygen atoms in total. The van der Waals surface area contributed by atoms with E-state index in [1.165, 1.54) is 0 Å². The lowest BCUT2D eigenvalue weighted by atomic mass is 10.1. The molecule has 0 saturated carbocycles. The van der Waals surface area contributed by atoms with Crippen molar-refractivity contribution in [2.24, 2.45) is 5.92 Å². The number of hydrogen-bond acceptors (Lipinski definition) is 4. The van der Waals surface area contributed by atoms with E-state index < -0.39 is 5.92 Å². The summed E-state index contributed by atoms with van der Waals surface area (Å²) in [6.45, 7) is 3.30. The van der Waals surface area contributed by atoms with Crippen molar-refractivity contribution in [1.82, 2.24) is 0 Å². The van der Waals surface area contributed by atoms with Crippen LogP contribution in [0.1, 0.15) is 26.2 Å². The van der Waals surface area contributed by atoms with Gasteiger partial charge >= 0.3 is 0 Å². The molecule has 0 unspecified atom stereocenters. The van der Waals surface area contributed by atoms with Crippen LogP contribution in [0.2, 0.25) is 5.02 Å². The van der Waals surface area contributed by atoms with Gasteiger partial charge in [0.05, 0.1) is 28.9 Å². The Balaban J connectivity index is 1.44. The number of nitrogens with zero attached hydrogens (tertiary/aromatic N) is 2. The van der Waals surface area contributed by atoms with Crippen molar-refractivity contribution in [2.75, 3.05) is 34.8 Å². The molecule has 2 heterocycles. The van der Waals surface area contributed by atoms with Crippen molar-refractivity contribution in [1.29, 1.82) is 0 Å². The summed E-state index contributed by atoms with van der Waals surface area (Å²) in [6, 6.07) is 12.4. The molecule has 0 aromatic heterocycles. The van der Waals surface area contributed by atoms with Gasteiger partial charge in [-0.3, -0.25) is 14.4 Å². The average molecular weight is 442 g/mol. The maximum Gasteiger partial charge on any atom is 0.229 e. The SMILES string of the molecule is CCOc1ccccc1N1C[C@H](C(=O)Nc2ccc(N3CCCC3=O)c(Cl)c2)CC1=O. The Bertz CT molecular complexity index is 1030. The van der Waals surface area contributed by atoms with Crippen LogP contribution in [0.25, 0.3) is 0 Å². The van der Waals surface area contributed by atoms with Gasteiger partial charge in [-0.05, 0) is 43.7 Å². The minimum absolute atomic E-state index is 0.0515. The van der Waals surface area contributed by atoms with Crippen molar-refractivity contribution >= 4 is 46.4 Å². The third-order valence-electron chi connectivity index (χ3n) is 5.53. The molecule has 1 atom stereocenters. The van der Waals surface area contributed by atoms with Crippen LogP contribution in [-0.2, 0) is 14.4 Å². The highest BCUT2D eigenvalue weighted by molar-refractivity contribution is 6.34. The van der Waals surface area contributed by atoms with Crippen molar-refractivity contribution in [3.8, 4) is 5.75 Å². The Morgan fingerprint density at radius 2 is 1.94 bits per heavy atom. The monoisotopic (exact) mass is 441 g/mol. The van der Waals surface area contributed by atoms with Gasteiger partial charge in [0, 0.05) is 31.6 Å². The molecule has 3 amide bonds. The summed E-state index contributed by atoms with van der Waals surface area (Å²) in [6.07, 6.45) is 1.46. The van der Waals surface area contributed by atoms with Crippen LogP contribution in [0.4, 0.5) is 17.1 Å². The zero-order valence-corrected chi connectivity index (χ0v) is 18.0. The quantitative estimate of drug-likeness (QED) is 0.738. The number of ether oxygens (including phenoxy) is 1. The van der Waals surface area contributed by atoms with E-state index >= 15 is 0 Å². The molecule has 31 heavy (non-hydrogen) atoms. The topological polar surface area (TPSA) is 79.0 Å². The number of carbonyl (C=O) groups excluding carboxylic acids is 3. The van der Waals surface area contributed by atoms with Gasteiger partial charge in [-0.15, -0.1) is 0 Å². The molecule has 0 bridgehead atoms. The van der Waals surface area contributed by atoms with E-state index in [4.69, 9.17) is 16.3 Å². The van der Waals surface area contributed by atoms with Crippen LogP contribution in [0.3, 0.4) is 0 Å². The summed E-state index contributed by atoms with van der Waals surface area (Å²) in [4.78, 5) is 40.7. The van der Waals surface area contributed by atoms with Gasteiger partial charge in [0.25, 0.3) is 0 Å². The fourth-order valence-electron chi connectivity index (χ4n) is 4.02. The molecule has 162 valence electrons. The van der Waals surface area contributed by atoms with Crippen molar-refractivity contribution in [3.63, 3.8) is 0 Å². The summed E-state index contributed by atoms with van der Waals surface area (Å²) in [5.74, 6) is -0.173. The molecule has 1 N–H and O–H groups in total. The van der Waals surface area contributed by atoms with Crippen LogP contribution >= 0.6 is 11.6 Å². The molecule has 2 aromatic carbocycles. The molecular formula is C23H24ClN3O4. The second-order valence-corrected chi connectivity index (χ2v) is 8.02. The van der Waals surface area contributed by atoms with Crippen molar-refractivity contribution in [3.05, 3.63) is 47.5 Å². The lowest BCUT2D eigenvalue weighted by molar-refractivity contribution is -0.122. The fourth-order valence-corrected chi connectivity index (χ4v) is 4.31. The minimum atomic E-state index is -0.485. The minimum Gasteiger partial charge on any atom is -0.492 e. The maximum atomic E-state index is 12.8. The average Bonchev–Trinajstić information content (AvgIpc) is 3.34. The number of rotatable bonds is 6. The van der Waals surface area contributed by atoms with E-state index in [9.17, 15) is 14.4 Å². The fraction of sp³-hybridized carbons (Fsp3) is 0.348.